The SMILES string of the molecule is Cc1ccc(C)c(-n2nc(C(=O)Nc3cccc(F)c3)nc2-c2cccc(Cl)c2)c1. The van der Waals surface area contributed by atoms with Gasteiger partial charge < -0.3 is 5.32 Å². The molecule has 0 saturated heterocycles. The van der Waals surface area contributed by atoms with E-state index in [4.69, 9.17) is 11.6 Å². The van der Waals surface area contributed by atoms with Gasteiger partial charge in [-0.15, -0.1) is 5.10 Å². The molecule has 7 heteroatoms. The number of hydrogen-bond donors (Lipinski definition) is 1. The molecule has 0 aliphatic heterocycles. The van der Waals surface area contributed by atoms with Crippen LogP contribution in [0, 0.1) is 19.7 Å². The van der Waals surface area contributed by atoms with Gasteiger partial charge in [0.25, 0.3) is 5.91 Å². The highest BCUT2D eigenvalue weighted by Crippen LogP contribution is 2.26. The fourth-order valence-electron chi connectivity index (χ4n) is 3.09. The van der Waals surface area contributed by atoms with Crippen LogP contribution in [0.4, 0.5) is 10.1 Å². The van der Waals surface area contributed by atoms with E-state index in [-0.39, 0.29) is 5.82 Å². The Balaban J connectivity index is 1.81. The number of aryl methyl sites for hydroxylation is 2. The summed E-state index contributed by atoms with van der Waals surface area (Å²) in [5.41, 5.74) is 3.88. The number of amides is 1. The minimum absolute atomic E-state index is 0.0323. The fraction of sp³-hybridized carbons (Fsp3) is 0.0870. The maximum Gasteiger partial charge on any atom is 0.295 e. The summed E-state index contributed by atoms with van der Waals surface area (Å²) in [6.45, 7) is 3.95. The van der Waals surface area contributed by atoms with Gasteiger partial charge in [-0.05, 0) is 61.4 Å². The molecule has 30 heavy (non-hydrogen) atoms. The Morgan fingerprint density at radius 1 is 1.03 bits per heavy atom. The van der Waals surface area contributed by atoms with Gasteiger partial charge in [0.2, 0.25) is 5.82 Å². The summed E-state index contributed by atoms with van der Waals surface area (Å²) >= 11 is 6.17. The number of hydrogen-bond acceptors (Lipinski definition) is 3. The zero-order valence-electron chi connectivity index (χ0n) is 16.4. The third-order valence-electron chi connectivity index (χ3n) is 4.57. The van der Waals surface area contributed by atoms with E-state index in [2.05, 4.69) is 15.4 Å². The highest BCUT2D eigenvalue weighted by Gasteiger charge is 2.20. The highest BCUT2D eigenvalue weighted by molar-refractivity contribution is 6.30. The molecule has 0 atom stereocenters. The average molecular weight is 421 g/mol. The monoisotopic (exact) mass is 420 g/mol. The summed E-state index contributed by atoms with van der Waals surface area (Å²) in [7, 11) is 0. The Labute approximate surface area is 178 Å². The van der Waals surface area contributed by atoms with Crippen LogP contribution in [-0.4, -0.2) is 20.7 Å². The standard InChI is InChI=1S/C23H18ClFN4O/c1-14-9-10-15(2)20(11-14)29-22(16-5-3-6-17(24)12-16)27-21(28-29)23(30)26-19-8-4-7-18(25)13-19/h3-13H,1-2H3,(H,26,30). The van der Waals surface area contributed by atoms with E-state index in [1.54, 1.807) is 22.9 Å². The van der Waals surface area contributed by atoms with Crippen molar-refractivity contribution < 1.29 is 9.18 Å². The first-order valence-electron chi connectivity index (χ1n) is 9.28. The second-order valence-electron chi connectivity index (χ2n) is 6.94. The van der Waals surface area contributed by atoms with Gasteiger partial charge in [0, 0.05) is 16.3 Å². The largest absolute Gasteiger partial charge is 0.319 e. The van der Waals surface area contributed by atoms with E-state index in [1.165, 1.54) is 18.2 Å². The molecule has 0 spiro atoms. The molecule has 0 bridgehead atoms. The first-order chi connectivity index (χ1) is 14.4. The van der Waals surface area contributed by atoms with Crippen molar-refractivity contribution in [1.82, 2.24) is 14.8 Å². The highest BCUT2D eigenvalue weighted by atomic mass is 35.5. The van der Waals surface area contributed by atoms with E-state index in [9.17, 15) is 9.18 Å². The van der Waals surface area contributed by atoms with Crippen LogP contribution < -0.4 is 5.32 Å². The molecule has 1 N–H and O–H groups in total. The zero-order chi connectivity index (χ0) is 21.3. The van der Waals surface area contributed by atoms with E-state index >= 15 is 0 Å². The summed E-state index contributed by atoms with van der Waals surface area (Å²) in [6, 6.07) is 18.8. The predicted molar refractivity (Wildman–Crippen MR) is 116 cm³/mol. The van der Waals surface area contributed by atoms with Crippen LogP contribution in [0.5, 0.6) is 0 Å². The van der Waals surface area contributed by atoms with Crippen molar-refractivity contribution in [3.05, 3.63) is 94.5 Å². The van der Waals surface area contributed by atoms with Gasteiger partial charge in [0.15, 0.2) is 5.82 Å². The predicted octanol–water partition coefficient (Wildman–Crippen LogP) is 5.60. The van der Waals surface area contributed by atoms with Gasteiger partial charge >= 0.3 is 0 Å². The Morgan fingerprint density at radius 3 is 2.60 bits per heavy atom. The second kappa shape index (κ2) is 8.08. The van der Waals surface area contributed by atoms with Crippen molar-refractivity contribution in [2.24, 2.45) is 0 Å². The lowest BCUT2D eigenvalue weighted by Crippen LogP contribution is -2.14. The number of nitrogens with zero attached hydrogens (tertiary/aromatic N) is 3. The Hall–Kier alpha value is -3.51. The van der Waals surface area contributed by atoms with Crippen LogP contribution in [0.3, 0.4) is 0 Å². The molecular weight excluding hydrogens is 403 g/mol. The molecule has 0 fully saturated rings. The summed E-state index contributed by atoms with van der Waals surface area (Å²) in [5.74, 6) is -0.528. The summed E-state index contributed by atoms with van der Waals surface area (Å²) < 4.78 is 15.1. The molecule has 4 rings (SSSR count). The van der Waals surface area contributed by atoms with Gasteiger partial charge in [-0.25, -0.2) is 14.1 Å². The topological polar surface area (TPSA) is 59.8 Å². The minimum atomic E-state index is -0.534. The van der Waals surface area contributed by atoms with Gasteiger partial charge in [-0.1, -0.05) is 41.9 Å². The molecular formula is C23H18ClFN4O. The first kappa shape index (κ1) is 19.8. The lowest BCUT2D eigenvalue weighted by atomic mass is 10.1. The van der Waals surface area contributed by atoms with E-state index in [0.717, 1.165) is 22.4 Å². The Morgan fingerprint density at radius 2 is 1.83 bits per heavy atom. The second-order valence-corrected chi connectivity index (χ2v) is 7.37. The number of aromatic nitrogens is 3. The number of carbonyl (C=O) groups excluding carboxylic acids is 1. The average Bonchev–Trinajstić information content (AvgIpc) is 3.15. The molecule has 5 nitrogen and oxygen atoms in total. The molecule has 1 heterocycles. The third-order valence-corrected chi connectivity index (χ3v) is 4.80. The van der Waals surface area contributed by atoms with E-state index in [0.29, 0.717) is 16.5 Å². The van der Waals surface area contributed by atoms with Crippen LogP contribution in [0.25, 0.3) is 17.1 Å². The van der Waals surface area contributed by atoms with Gasteiger partial charge in [0.05, 0.1) is 5.69 Å². The lowest BCUT2D eigenvalue weighted by Gasteiger charge is -2.10. The van der Waals surface area contributed by atoms with Crippen LogP contribution in [0.15, 0.2) is 66.7 Å². The number of halogens is 2. The number of benzene rings is 3. The third kappa shape index (κ3) is 4.09. The number of carbonyl (C=O) groups is 1. The van der Waals surface area contributed by atoms with Crippen molar-refractivity contribution in [2.75, 3.05) is 5.32 Å². The maximum absolute atomic E-state index is 13.5. The molecule has 0 aliphatic carbocycles. The van der Waals surface area contributed by atoms with Crippen LogP contribution >= 0.6 is 11.6 Å². The minimum Gasteiger partial charge on any atom is -0.319 e. The van der Waals surface area contributed by atoms with Crippen LogP contribution in [0.2, 0.25) is 5.02 Å². The van der Waals surface area contributed by atoms with Crippen molar-refractivity contribution in [3.8, 4) is 17.1 Å². The van der Waals surface area contributed by atoms with Crippen molar-refractivity contribution in [1.29, 1.82) is 0 Å². The van der Waals surface area contributed by atoms with Crippen molar-refractivity contribution in [3.63, 3.8) is 0 Å². The van der Waals surface area contributed by atoms with E-state index < -0.39 is 11.7 Å². The normalized spacial score (nSPS) is 10.8. The smallest absolute Gasteiger partial charge is 0.295 e. The van der Waals surface area contributed by atoms with Crippen LogP contribution in [0.1, 0.15) is 21.7 Å². The summed E-state index contributed by atoms with van der Waals surface area (Å²) in [6.07, 6.45) is 0. The lowest BCUT2D eigenvalue weighted by molar-refractivity contribution is 0.101. The number of rotatable bonds is 4. The number of nitrogens with one attached hydrogen (secondary N) is 1. The van der Waals surface area contributed by atoms with E-state index in [1.807, 2.05) is 44.2 Å². The van der Waals surface area contributed by atoms with Crippen LogP contribution in [-0.2, 0) is 0 Å². The molecule has 150 valence electrons. The molecule has 4 aromatic rings. The fourth-order valence-corrected chi connectivity index (χ4v) is 3.28. The summed E-state index contributed by atoms with van der Waals surface area (Å²) in [5, 5.41) is 7.65. The molecule has 0 aliphatic rings. The zero-order valence-corrected chi connectivity index (χ0v) is 17.1. The summed E-state index contributed by atoms with van der Waals surface area (Å²) in [4.78, 5) is 17.2. The van der Waals surface area contributed by atoms with Crippen molar-refractivity contribution >= 4 is 23.2 Å². The van der Waals surface area contributed by atoms with Gasteiger partial charge in [0.1, 0.15) is 5.82 Å². The maximum atomic E-state index is 13.5. The van der Waals surface area contributed by atoms with Crippen molar-refractivity contribution in [2.45, 2.75) is 13.8 Å². The quantitative estimate of drug-likeness (QED) is 0.467. The Bertz CT molecular complexity index is 1250. The van der Waals surface area contributed by atoms with Gasteiger partial charge in [-0.3, -0.25) is 4.79 Å². The first-order valence-corrected chi connectivity index (χ1v) is 9.66. The number of anilines is 1. The molecule has 0 saturated carbocycles. The van der Waals surface area contributed by atoms with Gasteiger partial charge in [-0.2, -0.15) is 0 Å². The molecule has 0 unspecified atom stereocenters. The molecule has 1 amide bonds. The molecule has 0 radical (unpaired) electrons. The molecule has 3 aromatic carbocycles. The molecule has 1 aromatic heterocycles. The Kier molecular flexibility index (Phi) is 5.33.